The van der Waals surface area contributed by atoms with E-state index in [1.807, 2.05) is 13.0 Å². The minimum atomic E-state index is -3.07. The Hall–Kier alpha value is -0.780. The van der Waals surface area contributed by atoms with Crippen molar-refractivity contribution in [2.75, 3.05) is 18.9 Å². The Labute approximate surface area is 126 Å². The van der Waals surface area contributed by atoms with E-state index in [1.165, 1.54) is 0 Å². The monoisotopic (exact) mass is 319 g/mol. The maximum absolute atomic E-state index is 11.7. The fourth-order valence-corrected chi connectivity index (χ4v) is 2.57. The van der Waals surface area contributed by atoms with Crippen molar-refractivity contribution in [2.45, 2.75) is 32.6 Å². The molecule has 0 saturated carbocycles. The lowest BCUT2D eigenvalue weighted by molar-refractivity contribution is 0.336. The van der Waals surface area contributed by atoms with Crippen LogP contribution >= 0.6 is 11.6 Å². The number of hydrogen-bond acceptors (Lipinski definition) is 4. The second-order valence-corrected chi connectivity index (χ2v) is 7.91. The molecule has 1 aromatic carbocycles. The number of nitrogens with one attached hydrogen (secondary N) is 1. The Morgan fingerprint density at radius 3 is 2.65 bits per heavy atom. The quantitative estimate of drug-likeness (QED) is 0.800. The van der Waals surface area contributed by atoms with E-state index in [-0.39, 0.29) is 17.6 Å². The summed E-state index contributed by atoms with van der Waals surface area (Å²) in [6.07, 6.45) is 0. The summed E-state index contributed by atoms with van der Waals surface area (Å²) in [6.45, 7) is 7.00. The van der Waals surface area contributed by atoms with Crippen LogP contribution in [0.25, 0.3) is 0 Å². The van der Waals surface area contributed by atoms with Gasteiger partial charge in [-0.2, -0.15) is 0 Å². The zero-order valence-electron chi connectivity index (χ0n) is 12.1. The lowest BCUT2D eigenvalue weighted by Gasteiger charge is -2.13. The molecule has 0 radical (unpaired) electrons. The van der Waals surface area contributed by atoms with E-state index in [0.29, 0.717) is 17.3 Å². The van der Waals surface area contributed by atoms with Crippen molar-refractivity contribution >= 4 is 21.4 Å². The number of sulfone groups is 1. The summed E-state index contributed by atoms with van der Waals surface area (Å²) in [6, 6.07) is 5.34. The molecular weight excluding hydrogens is 298 g/mol. The van der Waals surface area contributed by atoms with Crippen LogP contribution in [0.2, 0.25) is 5.02 Å². The summed E-state index contributed by atoms with van der Waals surface area (Å²) in [5.41, 5.74) is 0.932. The highest BCUT2D eigenvalue weighted by molar-refractivity contribution is 7.91. The maximum atomic E-state index is 11.7. The zero-order valence-corrected chi connectivity index (χ0v) is 13.7. The van der Waals surface area contributed by atoms with E-state index in [0.717, 1.165) is 12.1 Å². The topological polar surface area (TPSA) is 55.4 Å². The second-order valence-electron chi connectivity index (χ2n) is 4.80. The van der Waals surface area contributed by atoms with Gasteiger partial charge in [0.05, 0.1) is 11.0 Å². The molecule has 0 aliphatic heterocycles. The van der Waals surface area contributed by atoms with Crippen LogP contribution in [0.15, 0.2) is 18.2 Å². The second kappa shape index (κ2) is 7.86. The number of halogens is 1. The zero-order chi connectivity index (χ0) is 15.2. The van der Waals surface area contributed by atoms with Gasteiger partial charge in [-0.05, 0) is 38.6 Å². The summed E-state index contributed by atoms with van der Waals surface area (Å²) in [5, 5.41) is 3.46. The fourth-order valence-electron chi connectivity index (χ4n) is 1.59. The van der Waals surface area contributed by atoms with Crippen molar-refractivity contribution in [2.24, 2.45) is 0 Å². The third-order valence-electron chi connectivity index (χ3n) is 2.93. The molecule has 114 valence electrons. The Morgan fingerprint density at radius 2 is 2.05 bits per heavy atom. The van der Waals surface area contributed by atoms with Gasteiger partial charge in [0.25, 0.3) is 0 Å². The molecular formula is C14H22ClNO3S. The van der Waals surface area contributed by atoms with E-state index < -0.39 is 9.84 Å². The van der Waals surface area contributed by atoms with Gasteiger partial charge in [0, 0.05) is 17.1 Å². The predicted octanol–water partition coefficient (Wildman–Crippen LogP) is 2.65. The third kappa shape index (κ3) is 5.31. The molecule has 6 heteroatoms. The molecule has 0 spiro atoms. The highest BCUT2D eigenvalue weighted by Gasteiger charge is 2.16. The Morgan fingerprint density at radius 1 is 1.35 bits per heavy atom. The molecule has 0 heterocycles. The molecule has 0 saturated heterocycles. The standard InChI is InChI=1S/C14H22ClNO3S/c1-4-16-10-12-9-13(15)5-6-14(12)19-7-8-20(17,18)11(2)3/h5-6,9,11,16H,4,7-8,10H2,1-3H3. The SMILES string of the molecule is CCNCc1cc(Cl)ccc1OCCS(=O)(=O)C(C)C. The molecule has 1 N–H and O–H groups in total. The van der Waals surface area contributed by atoms with Gasteiger partial charge < -0.3 is 10.1 Å². The van der Waals surface area contributed by atoms with Crippen LogP contribution in [0.3, 0.4) is 0 Å². The first-order valence-electron chi connectivity index (χ1n) is 6.70. The van der Waals surface area contributed by atoms with Crippen molar-refractivity contribution in [1.82, 2.24) is 5.32 Å². The van der Waals surface area contributed by atoms with Gasteiger partial charge in [-0.3, -0.25) is 0 Å². The van der Waals surface area contributed by atoms with E-state index in [4.69, 9.17) is 16.3 Å². The van der Waals surface area contributed by atoms with Crippen LogP contribution in [0.1, 0.15) is 26.3 Å². The van der Waals surface area contributed by atoms with Gasteiger partial charge in [-0.15, -0.1) is 0 Å². The van der Waals surface area contributed by atoms with Gasteiger partial charge in [-0.25, -0.2) is 8.42 Å². The van der Waals surface area contributed by atoms with Gasteiger partial charge in [0.15, 0.2) is 9.84 Å². The van der Waals surface area contributed by atoms with Crippen LogP contribution < -0.4 is 10.1 Å². The smallest absolute Gasteiger partial charge is 0.155 e. The van der Waals surface area contributed by atoms with Crippen molar-refractivity contribution in [3.8, 4) is 5.75 Å². The Kier molecular flexibility index (Phi) is 6.79. The summed E-state index contributed by atoms with van der Waals surface area (Å²) in [7, 11) is -3.07. The van der Waals surface area contributed by atoms with Crippen LogP contribution in [0, 0.1) is 0 Å². The highest BCUT2D eigenvalue weighted by Crippen LogP contribution is 2.23. The van der Waals surface area contributed by atoms with E-state index >= 15 is 0 Å². The van der Waals surface area contributed by atoms with E-state index in [2.05, 4.69) is 5.32 Å². The van der Waals surface area contributed by atoms with E-state index in [1.54, 1.807) is 26.0 Å². The van der Waals surface area contributed by atoms with Crippen LogP contribution in [-0.4, -0.2) is 32.6 Å². The molecule has 1 aromatic rings. The molecule has 0 aromatic heterocycles. The van der Waals surface area contributed by atoms with Crippen molar-refractivity contribution in [1.29, 1.82) is 0 Å². The van der Waals surface area contributed by atoms with Gasteiger partial charge in [0.2, 0.25) is 0 Å². The minimum absolute atomic E-state index is 0.0218. The molecule has 4 nitrogen and oxygen atoms in total. The summed E-state index contributed by atoms with van der Waals surface area (Å²) >= 11 is 5.96. The number of benzene rings is 1. The largest absolute Gasteiger partial charge is 0.492 e. The first-order valence-corrected chi connectivity index (χ1v) is 8.79. The molecule has 0 fully saturated rings. The fraction of sp³-hybridized carbons (Fsp3) is 0.571. The summed E-state index contributed by atoms with van der Waals surface area (Å²) < 4.78 is 29.0. The lowest BCUT2D eigenvalue weighted by Crippen LogP contribution is -2.22. The third-order valence-corrected chi connectivity index (χ3v) is 5.34. The number of hydrogen-bond donors (Lipinski definition) is 1. The lowest BCUT2D eigenvalue weighted by atomic mass is 10.2. The Balaban J connectivity index is 2.68. The van der Waals surface area contributed by atoms with Crippen molar-refractivity contribution in [3.05, 3.63) is 28.8 Å². The molecule has 0 bridgehead atoms. The average molecular weight is 320 g/mol. The predicted molar refractivity (Wildman–Crippen MR) is 83.3 cm³/mol. The van der Waals surface area contributed by atoms with E-state index in [9.17, 15) is 8.42 Å². The first-order chi connectivity index (χ1) is 9.36. The average Bonchev–Trinajstić information content (AvgIpc) is 2.38. The minimum Gasteiger partial charge on any atom is -0.492 e. The molecule has 0 atom stereocenters. The van der Waals surface area contributed by atoms with Gasteiger partial charge in [-0.1, -0.05) is 18.5 Å². The van der Waals surface area contributed by atoms with Crippen molar-refractivity contribution < 1.29 is 13.2 Å². The maximum Gasteiger partial charge on any atom is 0.155 e. The number of rotatable bonds is 8. The highest BCUT2D eigenvalue weighted by atomic mass is 35.5. The molecule has 0 unspecified atom stereocenters. The normalized spacial score (nSPS) is 11.8. The molecule has 0 amide bonds. The van der Waals surface area contributed by atoms with Crippen LogP contribution in [-0.2, 0) is 16.4 Å². The molecule has 0 aliphatic carbocycles. The van der Waals surface area contributed by atoms with Crippen LogP contribution in [0.5, 0.6) is 5.75 Å². The first kappa shape index (κ1) is 17.3. The summed E-state index contributed by atoms with van der Waals surface area (Å²) in [5.74, 6) is 0.697. The molecule has 20 heavy (non-hydrogen) atoms. The van der Waals surface area contributed by atoms with Gasteiger partial charge >= 0.3 is 0 Å². The van der Waals surface area contributed by atoms with Crippen LogP contribution in [0.4, 0.5) is 0 Å². The molecule has 1 rings (SSSR count). The number of ether oxygens (including phenoxy) is 1. The molecule has 0 aliphatic rings. The Bertz CT molecular complexity index is 529. The van der Waals surface area contributed by atoms with Crippen molar-refractivity contribution in [3.63, 3.8) is 0 Å². The summed E-state index contributed by atoms with van der Waals surface area (Å²) in [4.78, 5) is 0. The van der Waals surface area contributed by atoms with Gasteiger partial charge in [0.1, 0.15) is 12.4 Å².